The van der Waals surface area contributed by atoms with Gasteiger partial charge in [0.2, 0.25) is 0 Å². The van der Waals surface area contributed by atoms with Crippen molar-refractivity contribution in [1.29, 1.82) is 0 Å². The van der Waals surface area contributed by atoms with Crippen molar-refractivity contribution in [3.63, 3.8) is 0 Å². The van der Waals surface area contributed by atoms with E-state index in [1.165, 1.54) is 58.9 Å². The van der Waals surface area contributed by atoms with E-state index < -0.39 is 6.10 Å². The van der Waals surface area contributed by atoms with Crippen LogP contribution in [0.4, 0.5) is 0 Å². The van der Waals surface area contributed by atoms with E-state index in [-0.39, 0.29) is 12.1 Å². The molecule has 0 spiro atoms. The fourth-order valence-corrected chi connectivity index (χ4v) is 5.56. The van der Waals surface area contributed by atoms with Crippen molar-refractivity contribution < 1.29 is 14.3 Å². The summed E-state index contributed by atoms with van der Waals surface area (Å²) in [4.78, 5) is 13.1. The fourth-order valence-electron chi connectivity index (χ4n) is 4.90. The average molecular weight is 461 g/mol. The summed E-state index contributed by atoms with van der Waals surface area (Å²) >= 11 is 1.73. The van der Waals surface area contributed by atoms with Gasteiger partial charge in [0.15, 0.2) is 6.10 Å². The van der Waals surface area contributed by atoms with Gasteiger partial charge in [-0.25, -0.2) is 4.79 Å². The van der Waals surface area contributed by atoms with Crippen LogP contribution in [0.15, 0.2) is 41.1 Å². The maximum Gasteiger partial charge on any atom is 0.339 e. The maximum absolute atomic E-state index is 13.1. The Morgan fingerprint density at radius 2 is 1.85 bits per heavy atom. The van der Waals surface area contributed by atoms with Crippen LogP contribution in [0.25, 0.3) is 22.3 Å². The van der Waals surface area contributed by atoms with Crippen LogP contribution >= 0.6 is 11.3 Å². The zero-order valence-corrected chi connectivity index (χ0v) is 20.8. The van der Waals surface area contributed by atoms with E-state index >= 15 is 0 Å². The first-order valence-electron chi connectivity index (χ1n) is 12.0. The number of hydrogen-bond donors (Lipinski definition) is 0. The van der Waals surface area contributed by atoms with Gasteiger partial charge in [-0.1, -0.05) is 31.2 Å². The molecule has 0 aliphatic heterocycles. The van der Waals surface area contributed by atoms with Crippen LogP contribution < -0.4 is 0 Å². The van der Waals surface area contributed by atoms with Gasteiger partial charge in [0.25, 0.3) is 0 Å². The second-order valence-corrected chi connectivity index (χ2v) is 10.2. The van der Waals surface area contributed by atoms with Gasteiger partial charge in [-0.2, -0.15) is 11.3 Å². The zero-order chi connectivity index (χ0) is 23.1. The predicted molar refractivity (Wildman–Crippen MR) is 135 cm³/mol. The molecule has 2 saturated carbocycles. The number of thiophene rings is 1. The molecular formula is C29H32O3S. The van der Waals surface area contributed by atoms with Gasteiger partial charge >= 0.3 is 5.97 Å². The van der Waals surface area contributed by atoms with Gasteiger partial charge in [0.1, 0.15) is 0 Å². The Balaban J connectivity index is 1.81. The molecule has 3 nitrogen and oxygen atoms in total. The summed E-state index contributed by atoms with van der Waals surface area (Å²) in [5.41, 5.74) is 11.0. The monoisotopic (exact) mass is 460 g/mol. The van der Waals surface area contributed by atoms with Crippen molar-refractivity contribution in [3.8, 4) is 22.3 Å². The molecule has 1 aromatic heterocycles. The Morgan fingerprint density at radius 1 is 1.06 bits per heavy atom. The molecule has 2 fully saturated rings. The van der Waals surface area contributed by atoms with Gasteiger partial charge < -0.3 is 9.47 Å². The molecule has 2 aliphatic carbocycles. The number of methoxy groups -OCH3 is 1. The molecule has 1 atom stereocenters. The van der Waals surface area contributed by atoms with E-state index in [2.05, 4.69) is 61.9 Å². The number of esters is 1. The van der Waals surface area contributed by atoms with Crippen LogP contribution in [0, 0.1) is 13.8 Å². The third-order valence-corrected chi connectivity index (χ3v) is 7.66. The summed E-state index contributed by atoms with van der Waals surface area (Å²) < 4.78 is 11.6. The lowest BCUT2D eigenvalue weighted by molar-refractivity contribution is -0.155. The van der Waals surface area contributed by atoms with Crippen molar-refractivity contribution in [2.75, 3.05) is 7.11 Å². The van der Waals surface area contributed by atoms with E-state index in [0.29, 0.717) is 5.92 Å². The summed E-state index contributed by atoms with van der Waals surface area (Å²) in [7, 11) is 1.46. The number of aryl methyl sites for hydroxylation is 3. The normalized spacial score (nSPS) is 16.6. The summed E-state index contributed by atoms with van der Waals surface area (Å²) in [6.07, 6.45) is 4.82. The van der Waals surface area contributed by atoms with Crippen molar-refractivity contribution in [2.45, 2.75) is 71.0 Å². The van der Waals surface area contributed by atoms with Gasteiger partial charge in [-0.15, -0.1) is 0 Å². The number of rotatable bonds is 8. The molecule has 0 bridgehead atoms. The molecule has 4 heteroatoms. The third-order valence-electron chi connectivity index (χ3n) is 6.98. The number of benzene rings is 2. The Kier molecular flexibility index (Phi) is 6.15. The average Bonchev–Trinajstić information content (AvgIpc) is 3.76. The van der Waals surface area contributed by atoms with Crippen molar-refractivity contribution >= 4 is 17.3 Å². The molecule has 1 heterocycles. The first-order valence-corrected chi connectivity index (χ1v) is 13.0. The van der Waals surface area contributed by atoms with Crippen molar-refractivity contribution in [2.24, 2.45) is 0 Å². The predicted octanol–water partition coefficient (Wildman–Crippen LogP) is 7.53. The molecule has 0 amide bonds. The first-order chi connectivity index (χ1) is 16.0. The highest BCUT2D eigenvalue weighted by molar-refractivity contribution is 7.08. The lowest BCUT2D eigenvalue weighted by atomic mass is 9.81. The number of ether oxygens (including phenoxy) is 2. The highest BCUT2D eigenvalue weighted by Crippen LogP contribution is 2.52. The van der Waals surface area contributed by atoms with Gasteiger partial charge in [0.05, 0.1) is 13.2 Å². The molecular weight excluding hydrogens is 428 g/mol. The third kappa shape index (κ3) is 4.39. The van der Waals surface area contributed by atoms with E-state index in [9.17, 15) is 4.79 Å². The lowest BCUT2D eigenvalue weighted by Crippen LogP contribution is -2.21. The molecule has 33 heavy (non-hydrogen) atoms. The smallest absolute Gasteiger partial charge is 0.339 e. The minimum atomic E-state index is -0.696. The minimum Gasteiger partial charge on any atom is -0.467 e. The number of hydrogen-bond acceptors (Lipinski definition) is 4. The molecule has 0 saturated heterocycles. The standard InChI is InChI=1S/C29H32O3S/c1-5-19-15-21(7-6-17(19)2)27-25(28(29(30)31-4)32-23-10-11-23)18(3)14-24(22-12-13-33-16-22)26(27)20-8-9-20/h6-7,12-16,20,23,28H,5,8-11H2,1-4H3. The second kappa shape index (κ2) is 9.08. The van der Waals surface area contributed by atoms with E-state index in [0.717, 1.165) is 30.4 Å². The summed E-state index contributed by atoms with van der Waals surface area (Å²) in [5, 5.41) is 4.37. The number of carbonyl (C=O) groups is 1. The molecule has 2 aliphatic rings. The second-order valence-electron chi connectivity index (χ2n) is 9.46. The van der Waals surface area contributed by atoms with Gasteiger partial charge in [-0.05, 0) is 113 Å². The quantitative estimate of drug-likeness (QED) is 0.326. The Morgan fingerprint density at radius 3 is 2.45 bits per heavy atom. The number of carbonyl (C=O) groups excluding carboxylic acids is 1. The molecule has 172 valence electrons. The van der Waals surface area contributed by atoms with Crippen LogP contribution in [0.3, 0.4) is 0 Å². The van der Waals surface area contributed by atoms with E-state index in [4.69, 9.17) is 9.47 Å². The van der Waals surface area contributed by atoms with Crippen LogP contribution in [0.2, 0.25) is 0 Å². The molecule has 3 aromatic rings. The lowest BCUT2D eigenvalue weighted by Gasteiger charge is -2.26. The first kappa shape index (κ1) is 22.4. The van der Waals surface area contributed by atoms with Crippen molar-refractivity contribution in [1.82, 2.24) is 0 Å². The molecule has 5 rings (SSSR count). The maximum atomic E-state index is 13.1. The summed E-state index contributed by atoms with van der Waals surface area (Å²) in [5.74, 6) is 0.207. The topological polar surface area (TPSA) is 35.5 Å². The summed E-state index contributed by atoms with van der Waals surface area (Å²) in [6, 6.07) is 11.2. The van der Waals surface area contributed by atoms with Crippen LogP contribution in [-0.4, -0.2) is 19.2 Å². The minimum absolute atomic E-state index is 0.145. The largest absolute Gasteiger partial charge is 0.467 e. The van der Waals surface area contributed by atoms with Crippen molar-refractivity contribution in [3.05, 3.63) is 68.9 Å². The van der Waals surface area contributed by atoms with Crippen LogP contribution in [0.1, 0.15) is 72.4 Å². The molecule has 2 aromatic carbocycles. The van der Waals surface area contributed by atoms with E-state index in [1.807, 2.05) is 0 Å². The highest BCUT2D eigenvalue weighted by atomic mass is 32.1. The SMILES string of the molecule is CCc1cc(-c2c(C3CC3)c(-c3ccsc3)cc(C)c2C(OC2CC2)C(=O)OC)ccc1C. The fraction of sp³-hybridized carbons (Fsp3) is 0.414. The Hall–Kier alpha value is -2.43. The molecule has 0 radical (unpaired) electrons. The highest BCUT2D eigenvalue weighted by Gasteiger charge is 2.38. The van der Waals surface area contributed by atoms with Crippen LogP contribution in [0.5, 0.6) is 0 Å². The Bertz CT molecular complexity index is 1170. The molecule has 1 unspecified atom stereocenters. The van der Waals surface area contributed by atoms with Gasteiger partial charge in [0, 0.05) is 5.56 Å². The molecule has 0 N–H and O–H groups in total. The van der Waals surface area contributed by atoms with E-state index in [1.54, 1.807) is 11.3 Å². The zero-order valence-electron chi connectivity index (χ0n) is 19.9. The summed E-state index contributed by atoms with van der Waals surface area (Å²) in [6.45, 7) is 6.49. The van der Waals surface area contributed by atoms with Crippen LogP contribution in [-0.2, 0) is 20.7 Å². The Labute approximate surface area is 200 Å². The van der Waals surface area contributed by atoms with Gasteiger partial charge in [-0.3, -0.25) is 0 Å².